The number of benzene rings is 1. The Labute approximate surface area is 131 Å². The summed E-state index contributed by atoms with van der Waals surface area (Å²) >= 11 is 5.97. The number of nitro benzene ring substituents is 1. The Morgan fingerprint density at radius 2 is 2.00 bits per heavy atom. The molecule has 0 aliphatic carbocycles. The molecule has 1 aromatic rings. The number of nitro groups is 1. The van der Waals surface area contributed by atoms with Crippen molar-refractivity contribution in [2.24, 2.45) is 5.18 Å². The molecule has 0 amide bonds. The van der Waals surface area contributed by atoms with Gasteiger partial charge < -0.3 is 0 Å². The first kappa shape index (κ1) is 17.9. The first-order valence-electron chi connectivity index (χ1n) is 6.30. The van der Waals surface area contributed by atoms with Gasteiger partial charge in [-0.2, -0.15) is 0 Å². The van der Waals surface area contributed by atoms with Crippen LogP contribution < -0.4 is 0 Å². The molecule has 0 aliphatic rings. The summed E-state index contributed by atoms with van der Waals surface area (Å²) in [5, 5.41) is 13.8. The molecule has 1 unspecified atom stereocenters. The summed E-state index contributed by atoms with van der Waals surface area (Å²) in [6.07, 6.45) is 0. The van der Waals surface area contributed by atoms with Gasteiger partial charge in [0.25, 0.3) is 5.69 Å². The van der Waals surface area contributed by atoms with Crippen LogP contribution in [0.2, 0.25) is 30.7 Å². The Balaban J connectivity index is 3.02. The smallest absolute Gasteiger partial charge is 0.259 e. The molecular weight excluding hydrogens is 332 g/mol. The molecule has 0 N–H and O–H groups in total. The van der Waals surface area contributed by atoms with Gasteiger partial charge in [-0.3, -0.25) is 14.3 Å². The van der Waals surface area contributed by atoms with Crippen molar-refractivity contribution >= 4 is 41.8 Å². The molecule has 0 aromatic heterocycles. The van der Waals surface area contributed by atoms with Crippen LogP contribution in [-0.2, 0) is 16.6 Å². The molecule has 1 rings (SSSR count). The van der Waals surface area contributed by atoms with E-state index in [-0.39, 0.29) is 22.0 Å². The summed E-state index contributed by atoms with van der Waals surface area (Å²) in [6.45, 7) is 6.51. The van der Waals surface area contributed by atoms with E-state index < -0.39 is 29.5 Å². The highest BCUT2D eigenvalue weighted by molar-refractivity contribution is 7.84. The second kappa shape index (κ2) is 7.23. The Kier molecular flexibility index (Phi) is 6.18. The molecule has 0 saturated carbocycles. The second-order valence-corrected chi connectivity index (χ2v) is 13.4. The first-order valence-corrected chi connectivity index (χ1v) is 11.9. The van der Waals surface area contributed by atoms with Gasteiger partial charge in [-0.25, -0.2) is 0 Å². The Bertz CT molecular complexity index is 589. The zero-order valence-corrected chi connectivity index (χ0v) is 14.7. The maximum Gasteiger partial charge on any atom is 0.298 e. The number of nitroso groups, excluding NO2 is 1. The fourth-order valence-electron chi connectivity index (χ4n) is 1.64. The monoisotopic (exact) mass is 348 g/mol. The number of halogens is 1. The highest BCUT2D eigenvalue weighted by Crippen LogP contribution is 2.36. The van der Waals surface area contributed by atoms with Crippen LogP contribution in [0.4, 0.5) is 11.4 Å². The van der Waals surface area contributed by atoms with Crippen LogP contribution >= 0.6 is 11.6 Å². The summed E-state index contributed by atoms with van der Waals surface area (Å²) < 4.78 is 12.1. The number of hydrogen-bond donors (Lipinski definition) is 0. The predicted molar refractivity (Wildman–Crippen MR) is 88.4 cm³/mol. The van der Waals surface area contributed by atoms with Crippen molar-refractivity contribution in [3.05, 3.63) is 37.7 Å². The number of hydrogen-bond acceptors (Lipinski definition) is 5. The molecule has 0 heterocycles. The van der Waals surface area contributed by atoms with E-state index in [1.165, 1.54) is 6.07 Å². The molecule has 1 atom stereocenters. The SMILES string of the molecule is C[Si](C)(C)CCS(=O)Cc1c(Cl)ccc([N+](=O)[O-])c1N=O. The fourth-order valence-corrected chi connectivity index (χ4v) is 6.06. The van der Waals surface area contributed by atoms with Gasteiger partial charge in [0.1, 0.15) is 0 Å². The van der Waals surface area contributed by atoms with Crippen molar-refractivity contribution in [3.63, 3.8) is 0 Å². The summed E-state index contributed by atoms with van der Waals surface area (Å²) in [4.78, 5) is 21.1. The highest BCUT2D eigenvalue weighted by Gasteiger charge is 2.23. The van der Waals surface area contributed by atoms with Gasteiger partial charge in [-0.05, 0) is 17.3 Å². The summed E-state index contributed by atoms with van der Waals surface area (Å²) in [7, 11) is -2.55. The third-order valence-corrected chi connectivity index (χ3v) is 6.61. The third-order valence-electron chi connectivity index (χ3n) is 2.88. The van der Waals surface area contributed by atoms with Crippen molar-refractivity contribution in [3.8, 4) is 0 Å². The van der Waals surface area contributed by atoms with E-state index in [1.807, 2.05) is 0 Å². The minimum absolute atomic E-state index is 0.00602. The lowest BCUT2D eigenvalue weighted by atomic mass is 10.2. The topological polar surface area (TPSA) is 89.6 Å². The molecule has 0 saturated heterocycles. The van der Waals surface area contributed by atoms with Crippen LogP contribution in [0.5, 0.6) is 0 Å². The first-order chi connectivity index (χ1) is 9.65. The molecule has 0 radical (unpaired) electrons. The lowest BCUT2D eigenvalue weighted by molar-refractivity contribution is -0.384. The van der Waals surface area contributed by atoms with Gasteiger partial charge in [-0.1, -0.05) is 31.2 Å². The minimum Gasteiger partial charge on any atom is -0.259 e. The lowest BCUT2D eigenvalue weighted by Crippen LogP contribution is -2.22. The molecule has 0 fully saturated rings. The zero-order valence-electron chi connectivity index (χ0n) is 12.1. The van der Waals surface area contributed by atoms with Gasteiger partial charge in [0.05, 0.1) is 10.7 Å². The normalized spacial score (nSPS) is 13.0. The quantitative estimate of drug-likeness (QED) is 0.319. The van der Waals surface area contributed by atoms with Crippen molar-refractivity contribution in [1.29, 1.82) is 0 Å². The van der Waals surface area contributed by atoms with Crippen LogP contribution in [0.3, 0.4) is 0 Å². The Morgan fingerprint density at radius 3 is 2.48 bits per heavy atom. The summed E-state index contributed by atoms with van der Waals surface area (Å²) in [6, 6.07) is 3.34. The largest absolute Gasteiger partial charge is 0.298 e. The standard InChI is InChI=1S/C12H17ClN2O4SSi/c1-21(2,3)7-6-20(19)8-9-10(13)4-5-11(15(17)18)12(9)14-16/h4-5H,6-8H2,1-3H3. The van der Waals surface area contributed by atoms with Crippen molar-refractivity contribution in [1.82, 2.24) is 0 Å². The van der Waals surface area contributed by atoms with E-state index >= 15 is 0 Å². The molecule has 0 spiro atoms. The van der Waals surface area contributed by atoms with E-state index in [4.69, 9.17) is 11.6 Å². The van der Waals surface area contributed by atoms with Gasteiger partial charge in [0.2, 0.25) is 0 Å². The van der Waals surface area contributed by atoms with Crippen LogP contribution in [-0.4, -0.2) is 23.0 Å². The van der Waals surface area contributed by atoms with Gasteiger partial charge in [-0.15, -0.1) is 4.91 Å². The highest BCUT2D eigenvalue weighted by atomic mass is 35.5. The van der Waals surface area contributed by atoms with Crippen LogP contribution in [0.1, 0.15) is 5.56 Å². The number of nitrogens with zero attached hydrogens (tertiary/aromatic N) is 2. The van der Waals surface area contributed by atoms with E-state index in [0.717, 1.165) is 12.1 Å². The van der Waals surface area contributed by atoms with Crippen molar-refractivity contribution in [2.75, 3.05) is 5.75 Å². The van der Waals surface area contributed by atoms with Gasteiger partial charge >= 0.3 is 0 Å². The van der Waals surface area contributed by atoms with E-state index in [0.29, 0.717) is 5.75 Å². The second-order valence-electron chi connectivity index (χ2n) is 5.84. The fraction of sp³-hybridized carbons (Fsp3) is 0.500. The van der Waals surface area contributed by atoms with E-state index in [9.17, 15) is 19.2 Å². The Hall–Kier alpha value is -1.12. The molecule has 6 nitrogen and oxygen atoms in total. The molecule has 0 aliphatic heterocycles. The predicted octanol–water partition coefficient (Wildman–Crippen LogP) is 4.23. The minimum atomic E-state index is -1.32. The summed E-state index contributed by atoms with van der Waals surface area (Å²) in [5.74, 6) is 0.499. The molecule has 9 heteroatoms. The number of rotatable bonds is 7. The third kappa shape index (κ3) is 5.29. The van der Waals surface area contributed by atoms with Crippen LogP contribution in [0, 0.1) is 15.0 Å². The summed E-state index contributed by atoms with van der Waals surface area (Å²) in [5.41, 5.74) is -0.546. The molecule has 116 valence electrons. The zero-order chi connectivity index (χ0) is 16.2. The maximum atomic E-state index is 12.1. The molecule has 21 heavy (non-hydrogen) atoms. The van der Waals surface area contributed by atoms with E-state index in [1.54, 1.807) is 0 Å². The average Bonchev–Trinajstić information content (AvgIpc) is 2.37. The van der Waals surface area contributed by atoms with Crippen LogP contribution in [0.25, 0.3) is 0 Å². The van der Waals surface area contributed by atoms with Gasteiger partial charge in [0, 0.05) is 41.3 Å². The molecule has 0 bridgehead atoms. The van der Waals surface area contributed by atoms with E-state index in [2.05, 4.69) is 24.8 Å². The lowest BCUT2D eigenvalue weighted by Gasteiger charge is -2.15. The maximum absolute atomic E-state index is 12.1. The Morgan fingerprint density at radius 1 is 1.38 bits per heavy atom. The van der Waals surface area contributed by atoms with Crippen molar-refractivity contribution in [2.45, 2.75) is 31.4 Å². The molecule has 1 aromatic carbocycles. The van der Waals surface area contributed by atoms with Crippen molar-refractivity contribution < 1.29 is 9.13 Å². The molecular formula is C12H17ClN2O4SSi. The average molecular weight is 349 g/mol. The van der Waals surface area contributed by atoms with Crippen LogP contribution in [0.15, 0.2) is 17.3 Å². The van der Waals surface area contributed by atoms with Gasteiger partial charge in [0.15, 0.2) is 5.69 Å².